The molecule has 0 saturated heterocycles. The molecule has 2 amide bonds. The number of aromatic nitrogens is 1. The molecule has 0 fully saturated rings. The van der Waals surface area contributed by atoms with Crippen LogP contribution in [-0.2, 0) is 6.42 Å². The Morgan fingerprint density at radius 2 is 1.82 bits per heavy atom. The minimum absolute atomic E-state index is 0.0761. The number of ether oxygens (including phenoxy) is 2. The summed E-state index contributed by atoms with van der Waals surface area (Å²) in [4.78, 5) is 31.8. The molecule has 1 N–H and O–H groups in total. The van der Waals surface area contributed by atoms with Gasteiger partial charge in [-0.15, -0.1) is 0 Å². The molecule has 1 atom stereocenters. The van der Waals surface area contributed by atoms with E-state index in [1.54, 1.807) is 42.6 Å². The molecule has 4 rings (SSSR count). The van der Waals surface area contributed by atoms with Crippen LogP contribution in [-0.4, -0.2) is 47.6 Å². The maximum absolute atomic E-state index is 13.5. The summed E-state index contributed by atoms with van der Waals surface area (Å²) >= 11 is 0. The first-order valence-corrected chi connectivity index (χ1v) is 11.1. The SMILES string of the molecule is CCN(C(=O)c1ccc2c(c1)OCO2)C(CCNC(=O)c1ccccn1)Cc1ccccc1. The predicted molar refractivity (Wildman–Crippen MR) is 124 cm³/mol. The summed E-state index contributed by atoms with van der Waals surface area (Å²) in [5.41, 5.74) is 2.06. The zero-order valence-corrected chi connectivity index (χ0v) is 18.6. The van der Waals surface area contributed by atoms with E-state index in [2.05, 4.69) is 22.4 Å². The number of hydrogen-bond donors (Lipinski definition) is 1. The van der Waals surface area contributed by atoms with Gasteiger partial charge in [-0.05, 0) is 55.7 Å². The first-order chi connectivity index (χ1) is 16.2. The molecule has 33 heavy (non-hydrogen) atoms. The van der Waals surface area contributed by atoms with Gasteiger partial charge >= 0.3 is 0 Å². The quantitative estimate of drug-likeness (QED) is 0.543. The Morgan fingerprint density at radius 3 is 2.58 bits per heavy atom. The van der Waals surface area contributed by atoms with E-state index in [-0.39, 0.29) is 24.6 Å². The number of carbonyl (C=O) groups is 2. The minimum atomic E-state index is -0.223. The maximum Gasteiger partial charge on any atom is 0.269 e. The number of nitrogens with zero attached hydrogens (tertiary/aromatic N) is 2. The number of rotatable bonds is 9. The van der Waals surface area contributed by atoms with Crippen molar-refractivity contribution in [3.05, 3.63) is 89.7 Å². The van der Waals surface area contributed by atoms with Crippen molar-refractivity contribution in [1.29, 1.82) is 0 Å². The van der Waals surface area contributed by atoms with Gasteiger partial charge < -0.3 is 19.7 Å². The monoisotopic (exact) mass is 445 g/mol. The van der Waals surface area contributed by atoms with Crippen molar-refractivity contribution in [1.82, 2.24) is 15.2 Å². The molecular formula is C26H27N3O4. The van der Waals surface area contributed by atoms with Gasteiger partial charge in [0, 0.05) is 30.9 Å². The van der Waals surface area contributed by atoms with Crippen molar-refractivity contribution in [3.8, 4) is 11.5 Å². The lowest BCUT2D eigenvalue weighted by Gasteiger charge is -2.31. The lowest BCUT2D eigenvalue weighted by atomic mass is 10.0. The lowest BCUT2D eigenvalue weighted by molar-refractivity contribution is 0.0679. The highest BCUT2D eigenvalue weighted by Gasteiger charge is 2.26. The summed E-state index contributed by atoms with van der Waals surface area (Å²) in [5, 5.41) is 2.93. The van der Waals surface area contributed by atoms with E-state index in [1.807, 2.05) is 30.0 Å². The number of benzene rings is 2. The van der Waals surface area contributed by atoms with Gasteiger partial charge in [-0.25, -0.2) is 0 Å². The van der Waals surface area contributed by atoms with Crippen LogP contribution in [0.3, 0.4) is 0 Å². The normalized spacial score (nSPS) is 12.8. The van der Waals surface area contributed by atoms with Gasteiger partial charge in [0.25, 0.3) is 11.8 Å². The smallest absolute Gasteiger partial charge is 0.269 e. The first-order valence-electron chi connectivity index (χ1n) is 11.1. The van der Waals surface area contributed by atoms with Crippen molar-refractivity contribution in [2.45, 2.75) is 25.8 Å². The average Bonchev–Trinajstić information content (AvgIpc) is 3.33. The number of hydrogen-bond acceptors (Lipinski definition) is 5. The van der Waals surface area contributed by atoms with Crippen molar-refractivity contribution in [2.75, 3.05) is 19.9 Å². The summed E-state index contributed by atoms with van der Waals surface area (Å²) < 4.78 is 10.8. The van der Waals surface area contributed by atoms with Crippen LogP contribution in [0.1, 0.15) is 39.8 Å². The molecule has 170 valence electrons. The lowest BCUT2D eigenvalue weighted by Crippen LogP contribution is -2.43. The molecule has 2 aromatic carbocycles. The molecule has 1 aliphatic rings. The molecule has 0 saturated carbocycles. The van der Waals surface area contributed by atoms with Crippen LogP contribution in [0.5, 0.6) is 11.5 Å². The second-order valence-corrected chi connectivity index (χ2v) is 7.76. The Morgan fingerprint density at radius 1 is 1.03 bits per heavy atom. The summed E-state index contributed by atoms with van der Waals surface area (Å²) in [6.07, 6.45) is 2.89. The highest BCUT2D eigenvalue weighted by molar-refractivity contribution is 5.95. The van der Waals surface area contributed by atoms with E-state index in [0.29, 0.717) is 48.7 Å². The van der Waals surface area contributed by atoms with Gasteiger partial charge in [0.1, 0.15) is 5.69 Å². The Bertz CT molecular complexity index is 1090. The summed E-state index contributed by atoms with van der Waals surface area (Å²) in [6.45, 7) is 3.10. The zero-order valence-electron chi connectivity index (χ0n) is 18.6. The third kappa shape index (κ3) is 5.49. The van der Waals surface area contributed by atoms with Crippen LogP contribution >= 0.6 is 0 Å². The first kappa shape index (κ1) is 22.3. The third-order valence-corrected chi connectivity index (χ3v) is 5.64. The Labute approximate surface area is 193 Å². The van der Waals surface area contributed by atoms with Crippen LogP contribution in [0.2, 0.25) is 0 Å². The number of likely N-dealkylation sites (N-methyl/N-ethyl adjacent to an activating group) is 1. The highest BCUT2D eigenvalue weighted by Crippen LogP contribution is 2.33. The van der Waals surface area contributed by atoms with E-state index < -0.39 is 0 Å². The molecule has 1 aliphatic heterocycles. The van der Waals surface area contributed by atoms with E-state index >= 15 is 0 Å². The van der Waals surface area contributed by atoms with Crippen LogP contribution in [0.25, 0.3) is 0 Å². The predicted octanol–water partition coefficient (Wildman–Crippen LogP) is 3.70. The third-order valence-electron chi connectivity index (χ3n) is 5.64. The zero-order chi connectivity index (χ0) is 23.0. The van der Waals surface area contributed by atoms with Gasteiger partial charge in [0.2, 0.25) is 6.79 Å². The van der Waals surface area contributed by atoms with Crippen molar-refractivity contribution in [3.63, 3.8) is 0 Å². The Kier molecular flexibility index (Phi) is 7.19. The molecule has 0 aliphatic carbocycles. The van der Waals surface area contributed by atoms with E-state index in [9.17, 15) is 9.59 Å². The average molecular weight is 446 g/mol. The van der Waals surface area contributed by atoms with Crippen molar-refractivity contribution >= 4 is 11.8 Å². The van der Waals surface area contributed by atoms with Crippen molar-refractivity contribution < 1.29 is 19.1 Å². The number of amides is 2. The molecule has 7 heteroatoms. The number of nitrogens with one attached hydrogen (secondary N) is 1. The van der Waals surface area contributed by atoms with Crippen LogP contribution in [0.4, 0.5) is 0 Å². The van der Waals surface area contributed by atoms with Gasteiger partial charge in [-0.2, -0.15) is 0 Å². The summed E-state index contributed by atoms with van der Waals surface area (Å²) in [5.74, 6) is 0.929. The highest BCUT2D eigenvalue weighted by atomic mass is 16.7. The van der Waals surface area contributed by atoms with Crippen LogP contribution in [0, 0.1) is 0 Å². The van der Waals surface area contributed by atoms with Crippen LogP contribution in [0.15, 0.2) is 72.9 Å². The molecule has 0 radical (unpaired) electrons. The fourth-order valence-electron chi connectivity index (χ4n) is 3.96. The van der Waals surface area contributed by atoms with E-state index in [1.165, 1.54) is 0 Å². The molecule has 0 bridgehead atoms. The standard InChI is InChI=1S/C26H27N3O4/c1-2-29(26(31)20-11-12-23-24(17-20)33-18-32-23)21(16-19-8-4-3-5-9-19)13-15-28-25(30)22-10-6-7-14-27-22/h3-12,14,17,21H,2,13,15-16,18H2,1H3,(H,28,30). The number of pyridine rings is 1. The van der Waals surface area contributed by atoms with Gasteiger partial charge in [0.15, 0.2) is 11.5 Å². The van der Waals surface area contributed by atoms with E-state index in [4.69, 9.17) is 9.47 Å². The molecule has 2 heterocycles. The van der Waals surface area contributed by atoms with Gasteiger partial charge in [-0.1, -0.05) is 36.4 Å². The van der Waals surface area contributed by atoms with Gasteiger partial charge in [0.05, 0.1) is 0 Å². The van der Waals surface area contributed by atoms with E-state index in [0.717, 1.165) is 5.56 Å². The number of fused-ring (bicyclic) bond motifs is 1. The second kappa shape index (κ2) is 10.6. The molecule has 1 aromatic heterocycles. The largest absolute Gasteiger partial charge is 0.454 e. The van der Waals surface area contributed by atoms with Crippen molar-refractivity contribution in [2.24, 2.45) is 0 Å². The minimum Gasteiger partial charge on any atom is -0.454 e. The summed E-state index contributed by atoms with van der Waals surface area (Å²) in [7, 11) is 0. The fraction of sp³-hybridized carbons (Fsp3) is 0.269. The maximum atomic E-state index is 13.5. The molecule has 3 aromatic rings. The van der Waals surface area contributed by atoms with Gasteiger partial charge in [-0.3, -0.25) is 14.6 Å². The molecule has 0 spiro atoms. The Hall–Kier alpha value is -3.87. The number of carbonyl (C=O) groups excluding carboxylic acids is 2. The molecular weight excluding hydrogens is 418 g/mol. The van der Waals surface area contributed by atoms with Crippen LogP contribution < -0.4 is 14.8 Å². The second-order valence-electron chi connectivity index (χ2n) is 7.76. The molecule has 7 nitrogen and oxygen atoms in total. The topological polar surface area (TPSA) is 80.8 Å². The Balaban J connectivity index is 1.49. The fourth-order valence-corrected chi connectivity index (χ4v) is 3.96. The molecule has 1 unspecified atom stereocenters. The summed E-state index contributed by atoms with van der Waals surface area (Å²) in [6, 6.07) is 20.5.